The number of anilines is 1. The van der Waals surface area contributed by atoms with Crippen molar-refractivity contribution in [3.63, 3.8) is 0 Å². The van der Waals surface area contributed by atoms with E-state index in [0.717, 1.165) is 11.1 Å². The van der Waals surface area contributed by atoms with Gasteiger partial charge in [0.15, 0.2) is 0 Å². The molecule has 4 nitrogen and oxygen atoms in total. The number of carboxylic acids is 1. The zero-order valence-corrected chi connectivity index (χ0v) is 12.4. The van der Waals surface area contributed by atoms with Gasteiger partial charge >= 0.3 is 0 Å². The Kier molecular flexibility index (Phi) is 5.31. The van der Waals surface area contributed by atoms with E-state index in [9.17, 15) is 14.7 Å². The zero-order chi connectivity index (χ0) is 15.9. The third-order valence-corrected chi connectivity index (χ3v) is 3.42. The van der Waals surface area contributed by atoms with Crippen molar-refractivity contribution in [2.75, 3.05) is 5.32 Å². The topological polar surface area (TPSA) is 69.2 Å². The molecule has 0 saturated heterocycles. The van der Waals surface area contributed by atoms with Crippen molar-refractivity contribution in [2.24, 2.45) is 0 Å². The van der Waals surface area contributed by atoms with Crippen molar-refractivity contribution >= 4 is 17.6 Å². The number of carboxylic acid groups (broad SMARTS) is 1. The Hall–Kier alpha value is -2.62. The summed E-state index contributed by atoms with van der Waals surface area (Å²) in [5.74, 6) is -1.76. The first kappa shape index (κ1) is 15.8. The summed E-state index contributed by atoms with van der Waals surface area (Å²) in [5.41, 5.74) is 2.59. The number of amides is 1. The number of aliphatic carboxylic acids is 1. The predicted octanol–water partition coefficient (Wildman–Crippen LogP) is 2.25. The lowest BCUT2D eigenvalue weighted by atomic mass is 9.92. The molecule has 0 heterocycles. The van der Waals surface area contributed by atoms with Crippen LogP contribution in [-0.4, -0.2) is 11.9 Å². The Labute approximate surface area is 129 Å². The van der Waals surface area contributed by atoms with Crippen molar-refractivity contribution in [3.05, 3.63) is 65.7 Å². The minimum atomic E-state index is -1.16. The van der Waals surface area contributed by atoms with E-state index in [2.05, 4.69) is 5.32 Å². The van der Waals surface area contributed by atoms with Crippen molar-refractivity contribution in [1.82, 2.24) is 0 Å². The fraction of sp³-hybridized carbons (Fsp3) is 0.222. The molecule has 2 aromatic rings. The summed E-state index contributed by atoms with van der Waals surface area (Å²) in [6.45, 7) is 1.94. The van der Waals surface area contributed by atoms with Gasteiger partial charge in [0.2, 0.25) is 5.91 Å². The maximum Gasteiger partial charge on any atom is 0.224 e. The number of hydrogen-bond donors (Lipinski definition) is 1. The van der Waals surface area contributed by atoms with Crippen LogP contribution >= 0.6 is 0 Å². The highest BCUT2D eigenvalue weighted by Crippen LogP contribution is 2.23. The van der Waals surface area contributed by atoms with Gasteiger partial charge in [-0.1, -0.05) is 42.5 Å². The molecule has 1 N–H and O–H groups in total. The average Bonchev–Trinajstić information content (AvgIpc) is 2.47. The molecule has 0 fully saturated rings. The molecule has 0 bridgehead atoms. The zero-order valence-electron chi connectivity index (χ0n) is 12.4. The smallest absolute Gasteiger partial charge is 0.224 e. The third-order valence-electron chi connectivity index (χ3n) is 3.42. The molecule has 114 valence electrons. The Morgan fingerprint density at radius 1 is 1.05 bits per heavy atom. The molecular formula is C18H18NO3-. The normalized spacial score (nSPS) is 11.7. The van der Waals surface area contributed by atoms with Gasteiger partial charge in [-0.05, 0) is 42.5 Å². The number of benzene rings is 2. The van der Waals surface area contributed by atoms with Crippen LogP contribution in [0.2, 0.25) is 0 Å². The summed E-state index contributed by atoms with van der Waals surface area (Å²) in [6, 6.07) is 16.6. The van der Waals surface area contributed by atoms with Gasteiger partial charge in [0.05, 0.1) is 0 Å². The molecule has 2 aromatic carbocycles. The first-order chi connectivity index (χ1) is 10.5. The Balaban J connectivity index is 2.06. The molecule has 0 spiro atoms. The van der Waals surface area contributed by atoms with E-state index < -0.39 is 11.9 Å². The molecule has 0 radical (unpaired) electrons. The molecule has 0 aromatic heterocycles. The van der Waals surface area contributed by atoms with Gasteiger partial charge in [-0.25, -0.2) is 0 Å². The lowest BCUT2D eigenvalue weighted by Gasteiger charge is -2.17. The van der Waals surface area contributed by atoms with Crippen LogP contribution in [0.4, 0.5) is 5.69 Å². The molecule has 0 aliphatic rings. The standard InChI is InChI=1S/C18H19NO3/c1-13-6-5-9-16(10-13)19-17(20)11-15(12-18(21)22)14-7-3-2-4-8-14/h2-10,15H,11-12H2,1H3,(H,19,20)(H,21,22)/p-1/t15-/m0/s1. The van der Waals surface area contributed by atoms with Crippen LogP contribution in [0, 0.1) is 6.92 Å². The molecule has 1 atom stereocenters. The fourth-order valence-corrected chi connectivity index (χ4v) is 2.39. The molecule has 4 heteroatoms. The van der Waals surface area contributed by atoms with E-state index in [4.69, 9.17) is 0 Å². The fourth-order valence-electron chi connectivity index (χ4n) is 2.39. The summed E-state index contributed by atoms with van der Waals surface area (Å²) < 4.78 is 0. The maximum absolute atomic E-state index is 12.2. The molecular weight excluding hydrogens is 278 g/mol. The molecule has 1 amide bonds. The van der Waals surface area contributed by atoms with E-state index >= 15 is 0 Å². The second-order valence-electron chi connectivity index (χ2n) is 5.31. The van der Waals surface area contributed by atoms with E-state index in [1.165, 1.54) is 0 Å². The largest absolute Gasteiger partial charge is 0.550 e. The minimum Gasteiger partial charge on any atom is -0.550 e. The van der Waals surface area contributed by atoms with Crippen LogP contribution < -0.4 is 10.4 Å². The Bertz CT molecular complexity index is 652. The summed E-state index contributed by atoms with van der Waals surface area (Å²) in [6.07, 6.45) is -0.0722. The van der Waals surface area contributed by atoms with Gasteiger partial charge in [-0.2, -0.15) is 0 Å². The van der Waals surface area contributed by atoms with E-state index in [1.807, 2.05) is 55.5 Å². The number of aryl methyl sites for hydroxylation is 1. The molecule has 0 saturated carbocycles. The molecule has 0 aliphatic carbocycles. The van der Waals surface area contributed by atoms with Crippen LogP contribution in [0.3, 0.4) is 0 Å². The van der Waals surface area contributed by atoms with Crippen molar-refractivity contribution < 1.29 is 14.7 Å². The van der Waals surface area contributed by atoms with Crippen molar-refractivity contribution in [1.29, 1.82) is 0 Å². The third kappa shape index (κ3) is 4.74. The first-order valence-corrected chi connectivity index (χ1v) is 7.16. The molecule has 22 heavy (non-hydrogen) atoms. The number of nitrogens with one attached hydrogen (secondary N) is 1. The van der Waals surface area contributed by atoms with E-state index in [1.54, 1.807) is 6.07 Å². The van der Waals surface area contributed by atoms with Crippen LogP contribution in [0.5, 0.6) is 0 Å². The van der Waals surface area contributed by atoms with Crippen molar-refractivity contribution in [3.8, 4) is 0 Å². The highest BCUT2D eigenvalue weighted by molar-refractivity contribution is 5.91. The second kappa shape index (κ2) is 7.41. The Morgan fingerprint density at radius 3 is 2.41 bits per heavy atom. The molecule has 0 aliphatic heterocycles. The first-order valence-electron chi connectivity index (χ1n) is 7.16. The minimum absolute atomic E-state index is 0.103. The van der Waals surface area contributed by atoms with E-state index in [-0.39, 0.29) is 18.7 Å². The maximum atomic E-state index is 12.2. The van der Waals surface area contributed by atoms with Crippen LogP contribution in [0.15, 0.2) is 54.6 Å². The quantitative estimate of drug-likeness (QED) is 0.889. The summed E-state index contributed by atoms with van der Waals surface area (Å²) in [5, 5.41) is 13.7. The average molecular weight is 296 g/mol. The lowest BCUT2D eigenvalue weighted by molar-refractivity contribution is -0.306. The van der Waals surface area contributed by atoms with Gasteiger partial charge in [-0.15, -0.1) is 0 Å². The lowest BCUT2D eigenvalue weighted by Crippen LogP contribution is -2.26. The molecule has 0 unspecified atom stereocenters. The van der Waals surface area contributed by atoms with Gasteiger partial charge in [0, 0.05) is 18.1 Å². The van der Waals surface area contributed by atoms with Gasteiger partial charge in [0.25, 0.3) is 0 Å². The summed E-state index contributed by atoms with van der Waals surface area (Å²) in [4.78, 5) is 23.1. The summed E-state index contributed by atoms with van der Waals surface area (Å²) in [7, 11) is 0. The van der Waals surface area contributed by atoms with E-state index in [0.29, 0.717) is 5.69 Å². The van der Waals surface area contributed by atoms with Gasteiger partial charge in [0.1, 0.15) is 0 Å². The van der Waals surface area contributed by atoms with Crippen molar-refractivity contribution in [2.45, 2.75) is 25.7 Å². The molecule has 2 rings (SSSR count). The van der Waals surface area contributed by atoms with Crippen LogP contribution in [-0.2, 0) is 9.59 Å². The van der Waals surface area contributed by atoms with Crippen LogP contribution in [0.25, 0.3) is 0 Å². The van der Waals surface area contributed by atoms with Crippen LogP contribution in [0.1, 0.15) is 29.9 Å². The SMILES string of the molecule is Cc1cccc(NC(=O)C[C@@H](CC(=O)[O-])c2ccccc2)c1. The summed E-state index contributed by atoms with van der Waals surface area (Å²) >= 11 is 0. The monoisotopic (exact) mass is 296 g/mol. The highest BCUT2D eigenvalue weighted by atomic mass is 16.4. The van der Waals surface area contributed by atoms with Gasteiger partial charge < -0.3 is 15.2 Å². The second-order valence-corrected chi connectivity index (χ2v) is 5.31. The number of hydrogen-bond acceptors (Lipinski definition) is 3. The predicted molar refractivity (Wildman–Crippen MR) is 83.2 cm³/mol. The number of carbonyl (C=O) groups is 2. The number of carbonyl (C=O) groups excluding carboxylic acids is 2. The van der Waals surface area contributed by atoms with Gasteiger partial charge in [-0.3, -0.25) is 4.79 Å². The Morgan fingerprint density at radius 2 is 1.77 bits per heavy atom. The number of rotatable bonds is 6. The highest BCUT2D eigenvalue weighted by Gasteiger charge is 2.16.